The predicted octanol–water partition coefficient (Wildman–Crippen LogP) is 3.95. The van der Waals surface area contributed by atoms with Gasteiger partial charge in [-0.05, 0) is 48.4 Å². The highest BCUT2D eigenvalue weighted by molar-refractivity contribution is 9.10. The fourth-order valence-electron chi connectivity index (χ4n) is 2.40. The lowest BCUT2D eigenvalue weighted by molar-refractivity contribution is -0.115. The Morgan fingerprint density at radius 2 is 1.95 bits per heavy atom. The van der Waals surface area contributed by atoms with Crippen molar-refractivity contribution >= 4 is 44.8 Å². The van der Waals surface area contributed by atoms with Gasteiger partial charge in [-0.3, -0.25) is 9.79 Å². The maximum absolute atomic E-state index is 11.9. The third-order valence-corrected chi connectivity index (χ3v) is 4.90. The molecule has 5 heteroatoms. The van der Waals surface area contributed by atoms with Gasteiger partial charge in [0, 0.05) is 4.47 Å². The number of carbonyl (C=O) groups excluding carboxylic acids is 1. The van der Waals surface area contributed by atoms with Crippen molar-refractivity contribution in [1.82, 2.24) is 5.32 Å². The second kappa shape index (κ2) is 6.14. The standard InChI is InChI=1S/C15H15BrN2OS/c16-11-7-5-10(6-8-11)9-13-14(19)18-15(20-13)17-12-3-1-2-4-12/h5-9,12H,1-4H2,(H,17,18,19). The third kappa shape index (κ3) is 3.33. The summed E-state index contributed by atoms with van der Waals surface area (Å²) in [4.78, 5) is 17.3. The summed E-state index contributed by atoms with van der Waals surface area (Å²) in [5, 5.41) is 3.61. The molecule has 1 N–H and O–H groups in total. The van der Waals surface area contributed by atoms with E-state index in [1.807, 2.05) is 30.3 Å². The molecule has 1 saturated heterocycles. The SMILES string of the molecule is O=C1NC(=NC2CCCC2)SC1=Cc1ccc(Br)cc1. The van der Waals surface area contributed by atoms with Gasteiger partial charge in [0.15, 0.2) is 5.17 Å². The zero-order chi connectivity index (χ0) is 13.9. The van der Waals surface area contributed by atoms with E-state index in [0.717, 1.165) is 28.0 Å². The van der Waals surface area contributed by atoms with Crippen LogP contribution in [-0.2, 0) is 4.79 Å². The molecule has 1 aliphatic carbocycles. The molecule has 0 bridgehead atoms. The van der Waals surface area contributed by atoms with Crippen molar-refractivity contribution in [2.24, 2.45) is 4.99 Å². The van der Waals surface area contributed by atoms with Crippen LogP contribution >= 0.6 is 27.7 Å². The number of amidine groups is 1. The molecule has 3 rings (SSSR count). The van der Waals surface area contributed by atoms with E-state index in [1.165, 1.54) is 24.6 Å². The summed E-state index contributed by atoms with van der Waals surface area (Å²) in [7, 11) is 0. The zero-order valence-corrected chi connectivity index (χ0v) is 13.3. The topological polar surface area (TPSA) is 41.5 Å². The number of rotatable bonds is 2. The van der Waals surface area contributed by atoms with Crippen LogP contribution in [0, 0.1) is 0 Å². The minimum Gasteiger partial charge on any atom is -0.301 e. The highest BCUT2D eigenvalue weighted by Gasteiger charge is 2.25. The molecule has 20 heavy (non-hydrogen) atoms. The average Bonchev–Trinajstić information content (AvgIpc) is 3.04. The van der Waals surface area contributed by atoms with Crippen LogP contribution in [0.2, 0.25) is 0 Å². The van der Waals surface area contributed by atoms with E-state index in [2.05, 4.69) is 26.2 Å². The molecule has 0 spiro atoms. The smallest absolute Gasteiger partial charge is 0.264 e. The Kier molecular flexibility index (Phi) is 4.27. The Labute approximate surface area is 131 Å². The first-order valence-corrected chi connectivity index (χ1v) is 8.36. The van der Waals surface area contributed by atoms with E-state index >= 15 is 0 Å². The average molecular weight is 351 g/mol. The molecule has 1 aliphatic heterocycles. The molecule has 2 aliphatic rings. The van der Waals surface area contributed by atoms with Crippen molar-refractivity contribution in [2.45, 2.75) is 31.7 Å². The number of benzene rings is 1. The number of aliphatic imine (C=N–C) groups is 1. The minimum atomic E-state index is -0.0466. The van der Waals surface area contributed by atoms with E-state index in [1.54, 1.807) is 0 Å². The summed E-state index contributed by atoms with van der Waals surface area (Å²) in [6.07, 6.45) is 6.70. The molecule has 2 fully saturated rings. The van der Waals surface area contributed by atoms with Crippen LogP contribution in [0.1, 0.15) is 31.2 Å². The maximum Gasteiger partial charge on any atom is 0.264 e. The van der Waals surface area contributed by atoms with Crippen molar-refractivity contribution in [3.05, 3.63) is 39.2 Å². The molecule has 0 atom stereocenters. The summed E-state index contributed by atoms with van der Waals surface area (Å²) >= 11 is 4.85. The molecule has 1 amide bonds. The van der Waals surface area contributed by atoms with Crippen LogP contribution in [0.15, 0.2) is 38.6 Å². The van der Waals surface area contributed by atoms with E-state index in [0.29, 0.717) is 10.9 Å². The normalized spacial score (nSPS) is 23.8. The van der Waals surface area contributed by atoms with Crippen LogP contribution in [-0.4, -0.2) is 17.1 Å². The third-order valence-electron chi connectivity index (χ3n) is 3.44. The number of thioether (sulfide) groups is 1. The van der Waals surface area contributed by atoms with Gasteiger partial charge in [0.2, 0.25) is 0 Å². The number of hydrogen-bond acceptors (Lipinski definition) is 3. The van der Waals surface area contributed by atoms with Crippen molar-refractivity contribution < 1.29 is 4.79 Å². The van der Waals surface area contributed by atoms with Gasteiger partial charge in [0.05, 0.1) is 10.9 Å². The fraction of sp³-hybridized carbons (Fsp3) is 0.333. The van der Waals surface area contributed by atoms with Gasteiger partial charge in [-0.25, -0.2) is 0 Å². The zero-order valence-electron chi connectivity index (χ0n) is 10.9. The molecule has 104 valence electrons. The first-order chi connectivity index (χ1) is 9.70. The number of nitrogens with one attached hydrogen (secondary N) is 1. The number of carbonyl (C=O) groups is 1. The predicted molar refractivity (Wildman–Crippen MR) is 87.5 cm³/mol. The fourth-order valence-corrected chi connectivity index (χ4v) is 3.55. The van der Waals surface area contributed by atoms with Gasteiger partial charge in [-0.2, -0.15) is 0 Å². The monoisotopic (exact) mass is 350 g/mol. The lowest BCUT2D eigenvalue weighted by Crippen LogP contribution is -2.21. The molecule has 1 heterocycles. The highest BCUT2D eigenvalue weighted by atomic mass is 79.9. The Morgan fingerprint density at radius 1 is 1.25 bits per heavy atom. The van der Waals surface area contributed by atoms with Gasteiger partial charge >= 0.3 is 0 Å². The van der Waals surface area contributed by atoms with Crippen LogP contribution in [0.3, 0.4) is 0 Å². The van der Waals surface area contributed by atoms with Gasteiger partial charge in [-0.15, -0.1) is 0 Å². The lowest BCUT2D eigenvalue weighted by Gasteiger charge is -2.02. The summed E-state index contributed by atoms with van der Waals surface area (Å²) in [6, 6.07) is 8.30. The van der Waals surface area contributed by atoms with Crippen LogP contribution in [0.4, 0.5) is 0 Å². The first kappa shape index (κ1) is 13.9. The first-order valence-electron chi connectivity index (χ1n) is 6.75. The summed E-state index contributed by atoms with van der Waals surface area (Å²) in [5.74, 6) is -0.0466. The van der Waals surface area contributed by atoms with Crippen molar-refractivity contribution in [1.29, 1.82) is 0 Å². The molecule has 0 unspecified atom stereocenters. The number of amides is 1. The van der Waals surface area contributed by atoms with Gasteiger partial charge in [0.1, 0.15) is 0 Å². The quantitative estimate of drug-likeness (QED) is 0.820. The second-order valence-corrected chi connectivity index (χ2v) is 6.94. The lowest BCUT2D eigenvalue weighted by atomic mass is 10.2. The van der Waals surface area contributed by atoms with Gasteiger partial charge < -0.3 is 5.32 Å². The van der Waals surface area contributed by atoms with Crippen LogP contribution in [0.25, 0.3) is 6.08 Å². The van der Waals surface area contributed by atoms with Crippen molar-refractivity contribution in [2.75, 3.05) is 0 Å². The maximum atomic E-state index is 11.9. The van der Waals surface area contributed by atoms with Crippen LogP contribution < -0.4 is 5.32 Å². The molecular formula is C15H15BrN2OS. The summed E-state index contributed by atoms with van der Waals surface area (Å²) < 4.78 is 1.03. The van der Waals surface area contributed by atoms with Gasteiger partial charge in [0.25, 0.3) is 5.91 Å². The number of nitrogens with zero attached hydrogens (tertiary/aromatic N) is 1. The minimum absolute atomic E-state index is 0.0466. The number of hydrogen-bond donors (Lipinski definition) is 1. The Hall–Kier alpha value is -1.07. The molecule has 1 aromatic carbocycles. The Balaban J connectivity index is 1.74. The molecule has 0 radical (unpaired) electrons. The molecule has 0 aromatic heterocycles. The van der Waals surface area contributed by atoms with E-state index < -0.39 is 0 Å². The van der Waals surface area contributed by atoms with E-state index in [9.17, 15) is 4.79 Å². The summed E-state index contributed by atoms with van der Waals surface area (Å²) in [6.45, 7) is 0. The van der Waals surface area contributed by atoms with Crippen molar-refractivity contribution in [3.63, 3.8) is 0 Å². The molecular weight excluding hydrogens is 336 g/mol. The van der Waals surface area contributed by atoms with E-state index in [-0.39, 0.29) is 5.91 Å². The Bertz CT molecular complexity index is 574. The number of halogens is 1. The summed E-state index contributed by atoms with van der Waals surface area (Å²) in [5.41, 5.74) is 1.02. The highest BCUT2D eigenvalue weighted by Crippen LogP contribution is 2.29. The second-order valence-electron chi connectivity index (χ2n) is 4.99. The molecule has 1 saturated carbocycles. The molecule has 1 aromatic rings. The largest absolute Gasteiger partial charge is 0.301 e. The van der Waals surface area contributed by atoms with E-state index in [4.69, 9.17) is 0 Å². The van der Waals surface area contributed by atoms with Crippen molar-refractivity contribution in [3.8, 4) is 0 Å². The van der Waals surface area contributed by atoms with Gasteiger partial charge in [-0.1, -0.05) is 40.9 Å². The molecule has 3 nitrogen and oxygen atoms in total. The Morgan fingerprint density at radius 3 is 2.65 bits per heavy atom. The van der Waals surface area contributed by atoms with Crippen LogP contribution in [0.5, 0.6) is 0 Å².